The zero-order chi connectivity index (χ0) is 15.2. The summed E-state index contributed by atoms with van der Waals surface area (Å²) in [5.74, 6) is -20.4. The summed E-state index contributed by atoms with van der Waals surface area (Å²) in [5, 5.41) is 0. The van der Waals surface area contributed by atoms with Gasteiger partial charge in [-0.25, -0.2) is 0 Å². The van der Waals surface area contributed by atoms with Crippen molar-refractivity contribution in [3.63, 3.8) is 0 Å². The smallest absolute Gasteiger partial charge is 0.324 e. The molecule has 2 N–H and O–H groups in total. The van der Waals surface area contributed by atoms with E-state index in [0.29, 0.717) is 0 Å². The highest BCUT2D eigenvalue weighted by Gasteiger charge is 2.82. The van der Waals surface area contributed by atoms with Crippen LogP contribution in [0.3, 0.4) is 0 Å². The van der Waals surface area contributed by atoms with Crippen LogP contribution in [0.4, 0.5) is 39.5 Å². The third-order valence-corrected chi connectivity index (χ3v) is 2.42. The molecule has 110 valence electrons. The summed E-state index contributed by atoms with van der Waals surface area (Å²) < 4.78 is 119. The van der Waals surface area contributed by atoms with Crippen LogP contribution in [0.5, 0.6) is 0 Å². The van der Waals surface area contributed by atoms with Gasteiger partial charge in [-0.2, -0.15) is 39.5 Å². The Bertz CT molecular complexity index is 356. The molecule has 0 aromatic rings. The zero-order valence-corrected chi connectivity index (χ0v) is 8.75. The summed E-state index contributed by atoms with van der Waals surface area (Å²) in [5.41, 5.74) is 0. The van der Waals surface area contributed by atoms with Crippen molar-refractivity contribution in [2.75, 3.05) is 6.16 Å². The number of halogens is 9. The Hall–Kier alpha value is -0.480. The molecule has 0 radical (unpaired) electrons. The predicted octanol–water partition coefficient (Wildman–Crippen LogP) is 2.63. The van der Waals surface area contributed by atoms with Crippen LogP contribution >= 0.6 is 7.60 Å². The van der Waals surface area contributed by atoms with E-state index in [1.54, 1.807) is 0 Å². The van der Waals surface area contributed by atoms with Crippen LogP contribution in [0.2, 0.25) is 0 Å². The van der Waals surface area contributed by atoms with Crippen LogP contribution in [0.15, 0.2) is 0 Å². The van der Waals surface area contributed by atoms with Crippen LogP contribution < -0.4 is 0 Å². The number of hydrogen-bond acceptors (Lipinski definition) is 1. The van der Waals surface area contributed by atoms with E-state index in [9.17, 15) is 44.1 Å². The molecule has 0 spiro atoms. The minimum Gasteiger partial charge on any atom is -0.324 e. The molecule has 0 aliphatic rings. The molecule has 0 aliphatic heterocycles. The van der Waals surface area contributed by atoms with E-state index in [1.165, 1.54) is 0 Å². The Labute approximate surface area is 92.7 Å². The van der Waals surface area contributed by atoms with Gasteiger partial charge in [0.1, 0.15) is 6.16 Å². The summed E-state index contributed by atoms with van der Waals surface area (Å²) in [4.78, 5) is 15.9. The Morgan fingerprint density at radius 1 is 0.778 bits per heavy atom. The molecule has 0 aromatic heterocycles. The largest absolute Gasteiger partial charge is 0.460 e. The van der Waals surface area contributed by atoms with Gasteiger partial charge in [0.05, 0.1) is 0 Å². The summed E-state index contributed by atoms with van der Waals surface area (Å²) in [6.07, 6.45) is -10.1. The standard InChI is InChI=1S/C5H4F9O3P/c6-2(7,1-18(15,16)17)3(8,9)4(10,11)5(12,13)14/h1H2,(H2,15,16,17). The fourth-order valence-electron chi connectivity index (χ4n) is 0.766. The fraction of sp³-hybridized carbons (Fsp3) is 1.00. The molecule has 13 heteroatoms. The van der Waals surface area contributed by atoms with Crippen molar-refractivity contribution >= 4 is 7.60 Å². The normalized spacial score (nSPS) is 15.9. The molecule has 0 bridgehead atoms. The van der Waals surface area contributed by atoms with Crippen molar-refractivity contribution < 1.29 is 53.9 Å². The molecule has 0 saturated heterocycles. The van der Waals surface area contributed by atoms with E-state index in [1.807, 2.05) is 0 Å². The van der Waals surface area contributed by atoms with Gasteiger partial charge in [0.2, 0.25) is 0 Å². The lowest BCUT2D eigenvalue weighted by atomic mass is 10.1. The Kier molecular flexibility index (Phi) is 4.16. The molecular weight excluding hydrogens is 310 g/mol. The second-order valence-corrected chi connectivity index (χ2v) is 4.82. The number of rotatable bonds is 4. The first-order valence-corrected chi connectivity index (χ1v) is 5.50. The number of hydrogen-bond donors (Lipinski definition) is 2. The first-order chi connectivity index (χ1) is 7.46. The van der Waals surface area contributed by atoms with E-state index in [-0.39, 0.29) is 0 Å². The highest BCUT2D eigenvalue weighted by molar-refractivity contribution is 7.51. The van der Waals surface area contributed by atoms with Crippen molar-refractivity contribution in [2.45, 2.75) is 23.9 Å². The molecule has 0 rings (SSSR count). The molecule has 0 atom stereocenters. The van der Waals surface area contributed by atoms with Crippen LogP contribution in [0.1, 0.15) is 0 Å². The molecule has 0 aromatic carbocycles. The predicted molar refractivity (Wildman–Crippen MR) is 37.8 cm³/mol. The number of alkyl halides is 9. The molecule has 0 unspecified atom stereocenters. The van der Waals surface area contributed by atoms with Crippen molar-refractivity contribution in [2.24, 2.45) is 0 Å². The second-order valence-electron chi connectivity index (χ2n) is 3.17. The zero-order valence-electron chi connectivity index (χ0n) is 7.86. The molecule has 0 aliphatic carbocycles. The van der Waals surface area contributed by atoms with Gasteiger partial charge in [-0.1, -0.05) is 0 Å². The average Bonchev–Trinajstić information content (AvgIpc) is 1.95. The molecule has 0 saturated carbocycles. The lowest BCUT2D eigenvalue weighted by Gasteiger charge is -2.33. The topological polar surface area (TPSA) is 57.5 Å². The second kappa shape index (κ2) is 4.27. The van der Waals surface area contributed by atoms with Crippen LogP contribution in [-0.2, 0) is 4.57 Å². The lowest BCUT2D eigenvalue weighted by molar-refractivity contribution is -0.392. The molecule has 18 heavy (non-hydrogen) atoms. The van der Waals surface area contributed by atoms with E-state index in [4.69, 9.17) is 9.79 Å². The summed E-state index contributed by atoms with van der Waals surface area (Å²) in [6, 6.07) is 0. The van der Waals surface area contributed by atoms with Crippen LogP contribution in [0.25, 0.3) is 0 Å². The maximum Gasteiger partial charge on any atom is 0.460 e. The average molecular weight is 314 g/mol. The Morgan fingerprint density at radius 3 is 1.33 bits per heavy atom. The summed E-state index contributed by atoms with van der Waals surface area (Å²) in [6.45, 7) is 0. The van der Waals surface area contributed by atoms with Gasteiger partial charge in [0, 0.05) is 0 Å². The van der Waals surface area contributed by atoms with Gasteiger partial charge >= 0.3 is 31.5 Å². The first kappa shape index (κ1) is 17.5. The van der Waals surface area contributed by atoms with E-state index in [0.717, 1.165) is 0 Å². The SMILES string of the molecule is O=P(O)(O)CC(F)(F)C(F)(F)C(F)(F)C(F)(F)F. The van der Waals surface area contributed by atoms with Gasteiger partial charge in [0.15, 0.2) is 0 Å². The van der Waals surface area contributed by atoms with Gasteiger partial charge in [0.25, 0.3) is 0 Å². The molecule has 3 nitrogen and oxygen atoms in total. The lowest BCUT2D eigenvalue weighted by Crippen LogP contribution is -2.61. The van der Waals surface area contributed by atoms with Crippen molar-refractivity contribution in [3.8, 4) is 0 Å². The minimum absolute atomic E-state index is 3.14. The minimum atomic E-state index is -7.14. The van der Waals surface area contributed by atoms with Crippen LogP contribution in [0, 0.1) is 0 Å². The monoisotopic (exact) mass is 314 g/mol. The molecule has 0 amide bonds. The maximum atomic E-state index is 12.5. The molecular formula is C5H4F9O3P. The van der Waals surface area contributed by atoms with Gasteiger partial charge in [-0.3, -0.25) is 4.57 Å². The van der Waals surface area contributed by atoms with Gasteiger partial charge in [-0.05, 0) is 0 Å². The summed E-state index contributed by atoms with van der Waals surface area (Å²) in [7, 11) is -5.94. The maximum absolute atomic E-state index is 12.5. The highest BCUT2D eigenvalue weighted by atomic mass is 31.2. The Morgan fingerprint density at radius 2 is 1.11 bits per heavy atom. The van der Waals surface area contributed by atoms with Crippen molar-refractivity contribution in [1.82, 2.24) is 0 Å². The van der Waals surface area contributed by atoms with E-state index in [2.05, 4.69) is 0 Å². The highest BCUT2D eigenvalue weighted by Crippen LogP contribution is 2.56. The third-order valence-electron chi connectivity index (χ3n) is 1.61. The third kappa shape index (κ3) is 3.09. The quantitative estimate of drug-likeness (QED) is 0.619. The summed E-state index contributed by atoms with van der Waals surface area (Å²) >= 11 is 0. The molecule has 0 fully saturated rings. The van der Waals surface area contributed by atoms with Crippen molar-refractivity contribution in [1.29, 1.82) is 0 Å². The van der Waals surface area contributed by atoms with E-state index >= 15 is 0 Å². The van der Waals surface area contributed by atoms with Crippen LogP contribution in [-0.4, -0.2) is 39.9 Å². The van der Waals surface area contributed by atoms with Gasteiger partial charge < -0.3 is 9.79 Å². The Balaban J connectivity index is 5.57. The van der Waals surface area contributed by atoms with Gasteiger partial charge in [-0.15, -0.1) is 0 Å². The fourth-order valence-corrected chi connectivity index (χ4v) is 1.48. The first-order valence-electron chi connectivity index (χ1n) is 3.70. The van der Waals surface area contributed by atoms with E-state index < -0.39 is 37.7 Å². The molecule has 0 heterocycles. The van der Waals surface area contributed by atoms with Crippen molar-refractivity contribution in [3.05, 3.63) is 0 Å².